The van der Waals surface area contributed by atoms with Gasteiger partial charge < -0.3 is 9.84 Å². The fourth-order valence-corrected chi connectivity index (χ4v) is 3.36. The third-order valence-electron chi connectivity index (χ3n) is 4.36. The lowest BCUT2D eigenvalue weighted by molar-refractivity contribution is -0.145. The van der Waals surface area contributed by atoms with Gasteiger partial charge in [0.05, 0.1) is 19.1 Å². The molecule has 1 aliphatic heterocycles. The SMILES string of the molecule is COC(=O)C1CCN(CC(O)CC2CCCC2)C1. The highest BCUT2D eigenvalue weighted by Gasteiger charge is 2.30. The summed E-state index contributed by atoms with van der Waals surface area (Å²) >= 11 is 0. The summed E-state index contributed by atoms with van der Waals surface area (Å²) in [5, 5.41) is 10.1. The zero-order chi connectivity index (χ0) is 13.0. The van der Waals surface area contributed by atoms with Gasteiger partial charge in [-0.25, -0.2) is 0 Å². The van der Waals surface area contributed by atoms with E-state index in [-0.39, 0.29) is 18.0 Å². The number of rotatable bonds is 5. The van der Waals surface area contributed by atoms with Crippen LogP contribution < -0.4 is 0 Å². The molecule has 0 amide bonds. The topological polar surface area (TPSA) is 49.8 Å². The number of methoxy groups -OCH3 is 1. The van der Waals surface area contributed by atoms with E-state index in [1.807, 2.05) is 0 Å². The molecule has 1 N–H and O–H groups in total. The first-order chi connectivity index (χ1) is 8.69. The van der Waals surface area contributed by atoms with Crippen LogP contribution in [0, 0.1) is 11.8 Å². The molecule has 4 heteroatoms. The molecule has 2 rings (SSSR count). The summed E-state index contributed by atoms with van der Waals surface area (Å²) in [7, 11) is 1.44. The molecule has 0 spiro atoms. The van der Waals surface area contributed by atoms with E-state index < -0.39 is 0 Å². The molecular weight excluding hydrogens is 230 g/mol. The molecule has 2 atom stereocenters. The monoisotopic (exact) mass is 255 g/mol. The summed E-state index contributed by atoms with van der Waals surface area (Å²) < 4.78 is 4.77. The number of carbonyl (C=O) groups is 1. The maximum Gasteiger partial charge on any atom is 0.310 e. The van der Waals surface area contributed by atoms with Crippen LogP contribution in [0.4, 0.5) is 0 Å². The molecule has 0 aromatic rings. The smallest absolute Gasteiger partial charge is 0.310 e. The van der Waals surface area contributed by atoms with E-state index in [1.54, 1.807) is 0 Å². The Morgan fingerprint density at radius 2 is 2.11 bits per heavy atom. The molecular formula is C14H25NO3. The average Bonchev–Trinajstić information content (AvgIpc) is 2.99. The van der Waals surface area contributed by atoms with E-state index in [9.17, 15) is 9.90 Å². The van der Waals surface area contributed by atoms with Gasteiger partial charge in [0.15, 0.2) is 0 Å². The summed E-state index contributed by atoms with van der Waals surface area (Å²) in [6, 6.07) is 0. The largest absolute Gasteiger partial charge is 0.469 e. The molecule has 2 fully saturated rings. The number of carbonyl (C=O) groups excluding carboxylic acids is 1. The molecule has 1 aliphatic carbocycles. The Morgan fingerprint density at radius 1 is 1.39 bits per heavy atom. The first-order valence-electron chi connectivity index (χ1n) is 7.17. The van der Waals surface area contributed by atoms with Gasteiger partial charge in [-0.3, -0.25) is 9.69 Å². The number of ether oxygens (including phenoxy) is 1. The van der Waals surface area contributed by atoms with Crippen LogP contribution in [-0.2, 0) is 9.53 Å². The molecule has 2 unspecified atom stereocenters. The van der Waals surface area contributed by atoms with Crippen LogP contribution in [0.15, 0.2) is 0 Å². The van der Waals surface area contributed by atoms with E-state index in [0.29, 0.717) is 6.54 Å². The second-order valence-electron chi connectivity index (χ2n) is 5.81. The third-order valence-corrected chi connectivity index (χ3v) is 4.36. The second-order valence-corrected chi connectivity index (χ2v) is 5.81. The van der Waals surface area contributed by atoms with Gasteiger partial charge in [0.1, 0.15) is 0 Å². The molecule has 18 heavy (non-hydrogen) atoms. The maximum absolute atomic E-state index is 11.4. The highest BCUT2D eigenvalue weighted by molar-refractivity contribution is 5.72. The molecule has 104 valence electrons. The molecule has 2 aliphatic rings. The second kappa shape index (κ2) is 6.53. The van der Waals surface area contributed by atoms with Crippen molar-refractivity contribution in [1.29, 1.82) is 0 Å². The van der Waals surface area contributed by atoms with Gasteiger partial charge in [0.25, 0.3) is 0 Å². The van der Waals surface area contributed by atoms with Gasteiger partial charge in [0, 0.05) is 13.1 Å². The van der Waals surface area contributed by atoms with E-state index in [2.05, 4.69) is 4.90 Å². The van der Waals surface area contributed by atoms with Crippen molar-refractivity contribution in [2.75, 3.05) is 26.7 Å². The van der Waals surface area contributed by atoms with E-state index in [1.165, 1.54) is 32.8 Å². The van der Waals surface area contributed by atoms with Crippen molar-refractivity contribution in [1.82, 2.24) is 4.90 Å². The minimum Gasteiger partial charge on any atom is -0.469 e. The lowest BCUT2D eigenvalue weighted by Crippen LogP contribution is -2.32. The zero-order valence-corrected chi connectivity index (χ0v) is 11.3. The zero-order valence-electron chi connectivity index (χ0n) is 11.3. The first-order valence-corrected chi connectivity index (χ1v) is 7.17. The molecule has 1 saturated heterocycles. The fraction of sp³-hybridized carbons (Fsp3) is 0.929. The van der Waals surface area contributed by atoms with E-state index >= 15 is 0 Å². The van der Waals surface area contributed by atoms with Crippen molar-refractivity contribution in [3.63, 3.8) is 0 Å². The number of likely N-dealkylation sites (tertiary alicyclic amines) is 1. The Morgan fingerprint density at radius 3 is 2.78 bits per heavy atom. The van der Waals surface area contributed by atoms with E-state index in [0.717, 1.165) is 31.8 Å². The molecule has 1 saturated carbocycles. The minimum absolute atomic E-state index is 0.00804. The number of hydrogen-bond acceptors (Lipinski definition) is 4. The van der Waals surface area contributed by atoms with Gasteiger partial charge >= 0.3 is 5.97 Å². The van der Waals surface area contributed by atoms with Crippen LogP contribution in [0.5, 0.6) is 0 Å². The van der Waals surface area contributed by atoms with Crippen LogP contribution in [0.2, 0.25) is 0 Å². The normalized spacial score (nSPS) is 27.6. The summed E-state index contributed by atoms with van der Waals surface area (Å²) in [6.07, 6.45) is 6.77. The Labute approximate surface area is 109 Å². The van der Waals surface area contributed by atoms with Crippen LogP contribution in [0.3, 0.4) is 0 Å². The summed E-state index contributed by atoms with van der Waals surface area (Å²) in [6.45, 7) is 2.36. The number of aliphatic hydroxyl groups excluding tert-OH is 1. The maximum atomic E-state index is 11.4. The van der Waals surface area contributed by atoms with E-state index in [4.69, 9.17) is 4.74 Å². The fourth-order valence-electron chi connectivity index (χ4n) is 3.36. The predicted octanol–water partition coefficient (Wildman–Crippen LogP) is 1.42. The molecule has 0 radical (unpaired) electrons. The highest BCUT2D eigenvalue weighted by Crippen LogP contribution is 2.29. The number of hydrogen-bond donors (Lipinski definition) is 1. The number of aliphatic hydroxyl groups is 1. The van der Waals surface area contributed by atoms with Crippen LogP contribution in [0.25, 0.3) is 0 Å². The Hall–Kier alpha value is -0.610. The third kappa shape index (κ3) is 3.69. The van der Waals surface area contributed by atoms with Gasteiger partial charge in [-0.05, 0) is 25.3 Å². The Bertz CT molecular complexity index is 276. The number of nitrogens with zero attached hydrogens (tertiary/aromatic N) is 1. The molecule has 1 heterocycles. The molecule has 0 aromatic heterocycles. The Kier molecular flexibility index (Phi) is 5.01. The molecule has 4 nitrogen and oxygen atoms in total. The summed E-state index contributed by atoms with van der Waals surface area (Å²) in [5.41, 5.74) is 0. The lowest BCUT2D eigenvalue weighted by atomic mass is 10.00. The quantitative estimate of drug-likeness (QED) is 0.755. The first kappa shape index (κ1) is 13.8. The van der Waals surface area contributed by atoms with Crippen molar-refractivity contribution in [3.8, 4) is 0 Å². The molecule has 0 bridgehead atoms. The van der Waals surface area contributed by atoms with Crippen molar-refractivity contribution in [2.45, 2.75) is 44.6 Å². The Balaban J connectivity index is 1.68. The van der Waals surface area contributed by atoms with Crippen molar-refractivity contribution in [3.05, 3.63) is 0 Å². The summed E-state index contributed by atoms with van der Waals surface area (Å²) in [5.74, 6) is 0.621. The summed E-state index contributed by atoms with van der Waals surface area (Å²) in [4.78, 5) is 13.6. The van der Waals surface area contributed by atoms with Crippen LogP contribution in [-0.4, -0.2) is 48.8 Å². The molecule has 0 aromatic carbocycles. The van der Waals surface area contributed by atoms with Crippen LogP contribution >= 0.6 is 0 Å². The number of esters is 1. The predicted molar refractivity (Wildman–Crippen MR) is 69.1 cm³/mol. The average molecular weight is 255 g/mol. The number of β-amino-alcohol motifs (C(OH)–C–C–N with tert-alkyl or cyclic N) is 1. The lowest BCUT2D eigenvalue weighted by Gasteiger charge is -2.21. The minimum atomic E-state index is -0.232. The van der Waals surface area contributed by atoms with Gasteiger partial charge in [-0.15, -0.1) is 0 Å². The standard InChI is InChI=1S/C14H25NO3/c1-18-14(17)12-6-7-15(9-12)10-13(16)8-11-4-2-3-5-11/h11-13,16H,2-10H2,1H3. The van der Waals surface area contributed by atoms with Crippen molar-refractivity contribution < 1.29 is 14.6 Å². The van der Waals surface area contributed by atoms with Gasteiger partial charge in [0.2, 0.25) is 0 Å². The van der Waals surface area contributed by atoms with Crippen molar-refractivity contribution in [2.24, 2.45) is 11.8 Å². The van der Waals surface area contributed by atoms with Crippen molar-refractivity contribution >= 4 is 5.97 Å². The van der Waals surface area contributed by atoms with Crippen LogP contribution in [0.1, 0.15) is 38.5 Å². The van der Waals surface area contributed by atoms with Gasteiger partial charge in [-0.1, -0.05) is 25.7 Å². The van der Waals surface area contributed by atoms with Gasteiger partial charge in [-0.2, -0.15) is 0 Å². The highest BCUT2D eigenvalue weighted by atomic mass is 16.5.